The number of halogens is 1. The van der Waals surface area contributed by atoms with Crippen LogP contribution in [0.25, 0.3) is 0 Å². The van der Waals surface area contributed by atoms with Crippen LogP contribution in [0, 0.1) is 0 Å². The van der Waals surface area contributed by atoms with Crippen LogP contribution < -0.4 is 19.5 Å². The zero-order valence-electron chi connectivity index (χ0n) is 20.7. The standard InChI is InChI=1S/C28H31BrN2O5/c1-4-30-28(33)26(14-20-9-6-5-7-10-20)31(18-21-11-8-12-22(29)13-21)27(32)19-36-25-16-23(34-2)15-24(17-25)35-3/h5-13,15-17,26H,4,14,18-19H2,1-3H3,(H,30,33)/t26-/m0/s1. The molecule has 36 heavy (non-hydrogen) atoms. The van der Waals surface area contributed by atoms with Gasteiger partial charge in [-0.1, -0.05) is 58.4 Å². The van der Waals surface area contributed by atoms with Gasteiger partial charge in [-0.2, -0.15) is 0 Å². The molecule has 0 aliphatic rings. The fourth-order valence-electron chi connectivity index (χ4n) is 3.77. The van der Waals surface area contributed by atoms with Crippen LogP contribution in [0.2, 0.25) is 0 Å². The van der Waals surface area contributed by atoms with Crippen molar-refractivity contribution in [3.63, 3.8) is 0 Å². The van der Waals surface area contributed by atoms with E-state index in [1.807, 2.05) is 61.5 Å². The average Bonchev–Trinajstić information content (AvgIpc) is 2.89. The molecule has 0 heterocycles. The molecule has 1 atom stereocenters. The Labute approximate surface area is 220 Å². The summed E-state index contributed by atoms with van der Waals surface area (Å²) in [4.78, 5) is 28.4. The fourth-order valence-corrected chi connectivity index (χ4v) is 4.22. The first kappa shape index (κ1) is 27.1. The number of hydrogen-bond donors (Lipinski definition) is 1. The van der Waals surface area contributed by atoms with E-state index in [2.05, 4.69) is 21.2 Å². The Bertz CT molecular complexity index is 1130. The molecule has 1 N–H and O–H groups in total. The second kappa shape index (κ2) is 13.5. The van der Waals surface area contributed by atoms with Crippen LogP contribution in [-0.2, 0) is 22.6 Å². The molecule has 3 aromatic rings. The van der Waals surface area contributed by atoms with E-state index in [-0.39, 0.29) is 25.0 Å². The van der Waals surface area contributed by atoms with Crippen LogP contribution in [0.1, 0.15) is 18.1 Å². The van der Waals surface area contributed by atoms with E-state index in [1.54, 1.807) is 37.3 Å². The average molecular weight is 555 g/mol. The fraction of sp³-hybridized carbons (Fsp3) is 0.286. The maximum atomic E-state index is 13.6. The molecule has 3 aromatic carbocycles. The van der Waals surface area contributed by atoms with Gasteiger partial charge in [-0.25, -0.2) is 0 Å². The molecule has 8 heteroatoms. The van der Waals surface area contributed by atoms with E-state index >= 15 is 0 Å². The molecule has 190 valence electrons. The Kier molecular flexibility index (Phi) is 10.2. The quantitative estimate of drug-likeness (QED) is 0.353. The lowest BCUT2D eigenvalue weighted by molar-refractivity contribution is -0.142. The number of nitrogens with one attached hydrogen (secondary N) is 1. The topological polar surface area (TPSA) is 77.1 Å². The van der Waals surface area contributed by atoms with Gasteiger partial charge < -0.3 is 24.4 Å². The summed E-state index contributed by atoms with van der Waals surface area (Å²) >= 11 is 3.49. The van der Waals surface area contributed by atoms with Gasteiger partial charge in [-0.3, -0.25) is 9.59 Å². The van der Waals surface area contributed by atoms with Gasteiger partial charge in [-0.05, 0) is 30.2 Å². The monoisotopic (exact) mass is 554 g/mol. The van der Waals surface area contributed by atoms with Crippen LogP contribution in [0.5, 0.6) is 17.2 Å². The molecule has 0 saturated carbocycles. The number of likely N-dealkylation sites (N-methyl/N-ethyl adjacent to an activating group) is 1. The molecule has 7 nitrogen and oxygen atoms in total. The van der Waals surface area contributed by atoms with E-state index in [9.17, 15) is 9.59 Å². The Morgan fingerprint density at radius 1 is 0.889 bits per heavy atom. The van der Waals surface area contributed by atoms with E-state index in [1.165, 1.54) is 0 Å². The number of hydrogen-bond acceptors (Lipinski definition) is 5. The number of ether oxygens (including phenoxy) is 3. The van der Waals surface area contributed by atoms with E-state index in [0.717, 1.165) is 15.6 Å². The molecule has 0 spiro atoms. The SMILES string of the molecule is CCNC(=O)[C@H](Cc1ccccc1)N(Cc1cccc(Br)c1)C(=O)COc1cc(OC)cc(OC)c1. The van der Waals surface area contributed by atoms with Crippen LogP contribution in [-0.4, -0.2) is 50.1 Å². The highest BCUT2D eigenvalue weighted by atomic mass is 79.9. The molecule has 0 bridgehead atoms. The Morgan fingerprint density at radius 2 is 1.53 bits per heavy atom. The molecule has 3 rings (SSSR count). The van der Waals surface area contributed by atoms with Crippen LogP contribution >= 0.6 is 15.9 Å². The smallest absolute Gasteiger partial charge is 0.261 e. The van der Waals surface area contributed by atoms with Crippen molar-refractivity contribution >= 4 is 27.7 Å². The van der Waals surface area contributed by atoms with Gasteiger partial charge in [0.1, 0.15) is 23.3 Å². The van der Waals surface area contributed by atoms with Gasteiger partial charge in [0.25, 0.3) is 5.91 Å². The van der Waals surface area contributed by atoms with Crippen molar-refractivity contribution in [1.82, 2.24) is 10.2 Å². The predicted octanol–water partition coefficient (Wildman–Crippen LogP) is 4.62. The molecular weight excluding hydrogens is 524 g/mol. The molecule has 0 aliphatic carbocycles. The molecular formula is C28H31BrN2O5. The highest BCUT2D eigenvalue weighted by molar-refractivity contribution is 9.10. The first-order valence-electron chi connectivity index (χ1n) is 11.6. The van der Waals surface area contributed by atoms with Crippen molar-refractivity contribution in [3.8, 4) is 17.2 Å². The minimum absolute atomic E-state index is 0.215. The lowest BCUT2D eigenvalue weighted by Crippen LogP contribution is -2.51. The van der Waals surface area contributed by atoms with Crippen molar-refractivity contribution in [2.75, 3.05) is 27.4 Å². The van der Waals surface area contributed by atoms with Crippen molar-refractivity contribution in [2.24, 2.45) is 0 Å². The van der Waals surface area contributed by atoms with Crippen LogP contribution in [0.4, 0.5) is 0 Å². The number of amides is 2. The maximum absolute atomic E-state index is 13.6. The van der Waals surface area contributed by atoms with Crippen molar-refractivity contribution in [3.05, 3.63) is 88.4 Å². The molecule has 0 unspecified atom stereocenters. The second-order valence-corrected chi connectivity index (χ2v) is 9.00. The summed E-state index contributed by atoms with van der Waals surface area (Å²) in [5, 5.41) is 2.89. The number of carbonyl (C=O) groups excluding carboxylic acids is 2. The van der Waals surface area contributed by atoms with Gasteiger partial charge in [0, 0.05) is 42.2 Å². The number of carbonyl (C=O) groups is 2. The third kappa shape index (κ3) is 7.75. The summed E-state index contributed by atoms with van der Waals surface area (Å²) in [6.07, 6.45) is 0.374. The number of benzene rings is 3. The summed E-state index contributed by atoms with van der Waals surface area (Å²) in [5.41, 5.74) is 1.85. The first-order chi connectivity index (χ1) is 17.4. The van der Waals surface area contributed by atoms with Gasteiger partial charge in [0.2, 0.25) is 5.91 Å². The molecule has 0 saturated heterocycles. The summed E-state index contributed by atoms with van der Waals surface area (Å²) in [7, 11) is 3.09. The molecule has 0 aliphatic heterocycles. The van der Waals surface area contributed by atoms with Gasteiger partial charge >= 0.3 is 0 Å². The van der Waals surface area contributed by atoms with Crippen LogP contribution in [0.3, 0.4) is 0 Å². The normalized spacial score (nSPS) is 11.3. The largest absolute Gasteiger partial charge is 0.496 e. The third-order valence-corrected chi connectivity index (χ3v) is 6.04. The Hall–Kier alpha value is -3.52. The molecule has 0 fully saturated rings. The number of methoxy groups -OCH3 is 2. The van der Waals surface area contributed by atoms with Gasteiger partial charge in [0.05, 0.1) is 14.2 Å². The molecule has 2 amide bonds. The number of nitrogens with zero attached hydrogens (tertiary/aromatic N) is 1. The highest BCUT2D eigenvalue weighted by Gasteiger charge is 2.30. The number of rotatable bonds is 12. The zero-order chi connectivity index (χ0) is 25.9. The summed E-state index contributed by atoms with van der Waals surface area (Å²) in [6.45, 7) is 2.31. The minimum atomic E-state index is -0.720. The first-order valence-corrected chi connectivity index (χ1v) is 12.4. The van der Waals surface area contributed by atoms with E-state index < -0.39 is 6.04 Å². The van der Waals surface area contributed by atoms with Crippen molar-refractivity contribution < 1.29 is 23.8 Å². The summed E-state index contributed by atoms with van der Waals surface area (Å²) < 4.78 is 17.3. The highest BCUT2D eigenvalue weighted by Crippen LogP contribution is 2.27. The van der Waals surface area contributed by atoms with E-state index in [4.69, 9.17) is 14.2 Å². The maximum Gasteiger partial charge on any atom is 0.261 e. The third-order valence-electron chi connectivity index (χ3n) is 5.55. The van der Waals surface area contributed by atoms with E-state index in [0.29, 0.717) is 30.2 Å². The lowest BCUT2D eigenvalue weighted by Gasteiger charge is -2.31. The van der Waals surface area contributed by atoms with Crippen molar-refractivity contribution in [2.45, 2.75) is 25.9 Å². The predicted molar refractivity (Wildman–Crippen MR) is 142 cm³/mol. The summed E-state index contributed by atoms with van der Waals surface area (Å²) in [6, 6.07) is 21.7. The minimum Gasteiger partial charge on any atom is -0.496 e. The van der Waals surface area contributed by atoms with Crippen LogP contribution in [0.15, 0.2) is 77.3 Å². The lowest BCUT2D eigenvalue weighted by atomic mass is 10.0. The summed E-state index contributed by atoms with van der Waals surface area (Å²) in [5.74, 6) is 0.996. The zero-order valence-corrected chi connectivity index (χ0v) is 22.3. The molecule has 0 radical (unpaired) electrons. The van der Waals surface area contributed by atoms with Crippen molar-refractivity contribution in [1.29, 1.82) is 0 Å². The Balaban J connectivity index is 1.90. The second-order valence-electron chi connectivity index (χ2n) is 8.09. The molecule has 0 aromatic heterocycles. The Morgan fingerprint density at radius 3 is 2.14 bits per heavy atom. The van der Waals surface area contributed by atoms with Gasteiger partial charge in [0.15, 0.2) is 6.61 Å². The van der Waals surface area contributed by atoms with Gasteiger partial charge in [-0.15, -0.1) is 0 Å².